The number of nitrogens with zero attached hydrogens (tertiary/aromatic N) is 2. The first kappa shape index (κ1) is 13.1. The molecule has 0 radical (unpaired) electrons. The van der Waals surface area contributed by atoms with E-state index in [2.05, 4.69) is 22.0 Å². The molecule has 0 bridgehead atoms. The van der Waals surface area contributed by atoms with E-state index in [1.54, 1.807) is 0 Å². The van der Waals surface area contributed by atoms with Crippen molar-refractivity contribution in [2.45, 2.75) is 56.5 Å². The standard InChI is InChI=1S/C16H25N3/c17-15(13-14-5-9-18-10-6-14)16(7-1-2-8-16)19-11-3-4-12-19/h5-6,9-10,15H,1-4,7-8,11-13,17H2. The molecular formula is C16H25N3. The fourth-order valence-corrected chi connectivity index (χ4v) is 4.03. The molecule has 1 unspecified atom stereocenters. The Hall–Kier alpha value is -0.930. The van der Waals surface area contributed by atoms with Crippen molar-refractivity contribution in [3.8, 4) is 0 Å². The first-order valence-electron chi connectivity index (χ1n) is 7.71. The van der Waals surface area contributed by atoms with Crippen molar-refractivity contribution in [1.82, 2.24) is 9.88 Å². The van der Waals surface area contributed by atoms with Gasteiger partial charge in [0.25, 0.3) is 0 Å². The quantitative estimate of drug-likeness (QED) is 0.902. The molecule has 1 aliphatic heterocycles. The van der Waals surface area contributed by atoms with E-state index in [9.17, 15) is 0 Å². The summed E-state index contributed by atoms with van der Waals surface area (Å²) in [4.78, 5) is 6.79. The van der Waals surface area contributed by atoms with Crippen molar-refractivity contribution < 1.29 is 0 Å². The highest BCUT2D eigenvalue weighted by Gasteiger charge is 2.44. The minimum Gasteiger partial charge on any atom is -0.326 e. The molecule has 3 heteroatoms. The number of pyridine rings is 1. The number of hydrogen-bond acceptors (Lipinski definition) is 3. The van der Waals surface area contributed by atoms with Gasteiger partial charge in [-0.05, 0) is 62.9 Å². The van der Waals surface area contributed by atoms with Gasteiger partial charge in [0.1, 0.15) is 0 Å². The van der Waals surface area contributed by atoms with Crippen LogP contribution in [0.2, 0.25) is 0 Å². The van der Waals surface area contributed by atoms with E-state index >= 15 is 0 Å². The van der Waals surface area contributed by atoms with Crippen LogP contribution in [0.15, 0.2) is 24.5 Å². The molecule has 3 rings (SSSR count). The minimum absolute atomic E-state index is 0.260. The average molecular weight is 259 g/mol. The summed E-state index contributed by atoms with van der Waals surface area (Å²) in [6.45, 7) is 2.51. The van der Waals surface area contributed by atoms with E-state index in [0.29, 0.717) is 0 Å². The molecule has 1 saturated carbocycles. The van der Waals surface area contributed by atoms with E-state index in [0.717, 1.165) is 6.42 Å². The Morgan fingerprint density at radius 1 is 1.11 bits per heavy atom. The smallest absolute Gasteiger partial charge is 0.0363 e. The fourth-order valence-electron chi connectivity index (χ4n) is 4.03. The van der Waals surface area contributed by atoms with E-state index in [-0.39, 0.29) is 11.6 Å². The SMILES string of the molecule is NC(Cc1ccncc1)C1(N2CCCC2)CCCC1. The van der Waals surface area contributed by atoms with Gasteiger partial charge >= 0.3 is 0 Å². The predicted octanol–water partition coefficient (Wildman–Crippen LogP) is 2.36. The summed E-state index contributed by atoms with van der Waals surface area (Å²) in [5.41, 5.74) is 8.27. The van der Waals surface area contributed by atoms with E-state index < -0.39 is 0 Å². The van der Waals surface area contributed by atoms with Crippen LogP contribution in [0.4, 0.5) is 0 Å². The van der Waals surface area contributed by atoms with Crippen LogP contribution in [0.5, 0.6) is 0 Å². The van der Waals surface area contributed by atoms with Crippen molar-refractivity contribution in [2.24, 2.45) is 5.73 Å². The van der Waals surface area contributed by atoms with Gasteiger partial charge in [-0.1, -0.05) is 12.8 Å². The highest BCUT2D eigenvalue weighted by atomic mass is 15.2. The number of aromatic nitrogens is 1. The van der Waals surface area contributed by atoms with Crippen LogP contribution in [-0.2, 0) is 6.42 Å². The molecule has 104 valence electrons. The van der Waals surface area contributed by atoms with Gasteiger partial charge in [0, 0.05) is 24.0 Å². The molecule has 2 N–H and O–H groups in total. The molecule has 1 atom stereocenters. The fraction of sp³-hybridized carbons (Fsp3) is 0.688. The summed E-state index contributed by atoms with van der Waals surface area (Å²) in [6, 6.07) is 4.47. The van der Waals surface area contributed by atoms with Gasteiger partial charge in [0.05, 0.1) is 0 Å². The molecule has 19 heavy (non-hydrogen) atoms. The first-order chi connectivity index (χ1) is 9.31. The maximum absolute atomic E-state index is 6.66. The minimum atomic E-state index is 0.260. The maximum Gasteiger partial charge on any atom is 0.0363 e. The molecule has 3 nitrogen and oxygen atoms in total. The summed E-state index contributed by atoms with van der Waals surface area (Å²) in [7, 11) is 0. The molecular weight excluding hydrogens is 234 g/mol. The lowest BCUT2D eigenvalue weighted by atomic mass is 9.83. The van der Waals surface area contributed by atoms with E-state index in [4.69, 9.17) is 5.73 Å². The van der Waals surface area contributed by atoms with Crippen molar-refractivity contribution in [3.05, 3.63) is 30.1 Å². The largest absolute Gasteiger partial charge is 0.326 e. The second kappa shape index (κ2) is 5.59. The summed E-state index contributed by atoms with van der Waals surface area (Å²) >= 11 is 0. The van der Waals surface area contributed by atoms with Gasteiger partial charge in [-0.15, -0.1) is 0 Å². The number of hydrogen-bond donors (Lipinski definition) is 1. The zero-order chi connectivity index (χ0) is 13.1. The molecule has 1 aromatic heterocycles. The van der Waals surface area contributed by atoms with Crippen LogP contribution in [-0.4, -0.2) is 34.6 Å². The number of nitrogens with two attached hydrogens (primary N) is 1. The first-order valence-corrected chi connectivity index (χ1v) is 7.71. The van der Waals surface area contributed by atoms with Crippen molar-refractivity contribution in [3.63, 3.8) is 0 Å². The topological polar surface area (TPSA) is 42.1 Å². The Balaban J connectivity index is 1.76. The zero-order valence-corrected chi connectivity index (χ0v) is 11.7. The average Bonchev–Trinajstić information content (AvgIpc) is 3.12. The molecule has 0 spiro atoms. The van der Waals surface area contributed by atoms with Crippen LogP contribution < -0.4 is 5.73 Å². The molecule has 1 saturated heterocycles. The lowest BCUT2D eigenvalue weighted by molar-refractivity contribution is 0.0921. The summed E-state index contributed by atoms with van der Waals surface area (Å²) in [5.74, 6) is 0. The number of likely N-dealkylation sites (tertiary alicyclic amines) is 1. The third-order valence-corrected chi connectivity index (χ3v) is 5.10. The van der Waals surface area contributed by atoms with Crippen LogP contribution in [0.3, 0.4) is 0 Å². The van der Waals surface area contributed by atoms with Crippen molar-refractivity contribution in [1.29, 1.82) is 0 Å². The Morgan fingerprint density at radius 2 is 1.74 bits per heavy atom. The van der Waals surface area contributed by atoms with Crippen LogP contribution >= 0.6 is 0 Å². The molecule has 2 heterocycles. The van der Waals surface area contributed by atoms with Gasteiger partial charge in [-0.2, -0.15) is 0 Å². The van der Waals surface area contributed by atoms with Crippen molar-refractivity contribution in [2.75, 3.05) is 13.1 Å². The second-order valence-corrected chi connectivity index (χ2v) is 6.17. The Bertz CT molecular complexity index is 392. The maximum atomic E-state index is 6.66. The van der Waals surface area contributed by atoms with Crippen LogP contribution in [0.1, 0.15) is 44.1 Å². The molecule has 0 amide bonds. The van der Waals surface area contributed by atoms with Gasteiger partial charge in [-0.25, -0.2) is 0 Å². The summed E-state index contributed by atoms with van der Waals surface area (Å²) in [5, 5.41) is 0. The number of rotatable bonds is 4. The Kier molecular flexibility index (Phi) is 3.85. The highest BCUT2D eigenvalue weighted by Crippen LogP contribution is 2.40. The Labute approximate surface area is 116 Å². The molecule has 1 aromatic rings. The molecule has 1 aliphatic carbocycles. The highest BCUT2D eigenvalue weighted by molar-refractivity contribution is 5.15. The van der Waals surface area contributed by atoms with Crippen LogP contribution in [0.25, 0.3) is 0 Å². The normalized spacial score (nSPS) is 24.7. The predicted molar refractivity (Wildman–Crippen MR) is 77.9 cm³/mol. The molecule has 0 aromatic carbocycles. The third kappa shape index (κ3) is 2.54. The summed E-state index contributed by atoms with van der Waals surface area (Å²) < 4.78 is 0. The summed E-state index contributed by atoms with van der Waals surface area (Å²) in [6.07, 6.45) is 12.7. The van der Waals surface area contributed by atoms with Gasteiger partial charge in [0.15, 0.2) is 0 Å². The molecule has 2 aliphatic rings. The lowest BCUT2D eigenvalue weighted by Crippen LogP contribution is -2.58. The van der Waals surface area contributed by atoms with Gasteiger partial charge in [0.2, 0.25) is 0 Å². The molecule has 2 fully saturated rings. The van der Waals surface area contributed by atoms with Crippen LogP contribution in [0, 0.1) is 0 Å². The third-order valence-electron chi connectivity index (χ3n) is 5.10. The van der Waals surface area contributed by atoms with E-state index in [1.807, 2.05) is 12.4 Å². The van der Waals surface area contributed by atoms with Gasteiger partial charge < -0.3 is 5.73 Å². The monoisotopic (exact) mass is 259 g/mol. The lowest BCUT2D eigenvalue weighted by Gasteiger charge is -2.43. The zero-order valence-electron chi connectivity index (χ0n) is 11.7. The van der Waals surface area contributed by atoms with Crippen molar-refractivity contribution >= 4 is 0 Å². The van der Waals surface area contributed by atoms with Gasteiger partial charge in [-0.3, -0.25) is 9.88 Å². The Morgan fingerprint density at radius 3 is 2.37 bits per heavy atom. The van der Waals surface area contributed by atoms with E-state index in [1.165, 1.54) is 57.2 Å². The second-order valence-electron chi connectivity index (χ2n) is 6.17.